The number of benzene rings is 1. The summed E-state index contributed by atoms with van der Waals surface area (Å²) in [7, 11) is 0. The van der Waals surface area contributed by atoms with Gasteiger partial charge in [-0.05, 0) is 37.1 Å². The molecular weight excluding hydrogens is 352 g/mol. The topological polar surface area (TPSA) is 61.7 Å². The average molecular weight is 385 g/mol. The van der Waals surface area contributed by atoms with Crippen LogP contribution >= 0.6 is 0 Å². The molecule has 2 fully saturated rings. The maximum atomic E-state index is 5.81. The lowest BCUT2D eigenvalue weighted by Crippen LogP contribution is -2.40. The highest BCUT2D eigenvalue weighted by molar-refractivity contribution is 5.23. The third kappa shape index (κ3) is 5.01. The third-order valence-corrected chi connectivity index (χ3v) is 5.62. The van der Waals surface area contributed by atoms with E-state index in [4.69, 9.17) is 9.15 Å². The molecule has 0 saturated carbocycles. The normalized spacial score (nSPS) is 26.0. The van der Waals surface area contributed by atoms with Gasteiger partial charge in [0.25, 0.3) is 0 Å². The lowest BCUT2D eigenvalue weighted by molar-refractivity contribution is -0.0212. The first kappa shape index (κ1) is 19.6. The van der Waals surface area contributed by atoms with E-state index < -0.39 is 0 Å². The van der Waals surface area contributed by atoms with Gasteiger partial charge in [0.15, 0.2) is 0 Å². The summed E-state index contributed by atoms with van der Waals surface area (Å²) < 4.78 is 11.5. The summed E-state index contributed by atoms with van der Waals surface area (Å²) in [6, 6.07) is 13.2. The Bertz CT molecular complexity index is 762. The number of hydrazine groups is 1. The van der Waals surface area contributed by atoms with Crippen LogP contribution in [0.2, 0.25) is 0 Å². The second kappa shape index (κ2) is 9.20. The van der Waals surface area contributed by atoms with Crippen LogP contribution < -0.4 is 16.2 Å². The van der Waals surface area contributed by atoms with Crippen molar-refractivity contribution >= 4 is 0 Å². The molecule has 152 valence electrons. The molecule has 0 radical (unpaired) electrons. The second-order valence-electron chi connectivity index (χ2n) is 8.08. The van der Waals surface area contributed by atoms with Gasteiger partial charge < -0.3 is 14.5 Å². The van der Waals surface area contributed by atoms with E-state index in [9.17, 15) is 0 Å². The molecule has 3 heterocycles. The van der Waals surface area contributed by atoms with Crippen molar-refractivity contribution in [3.63, 3.8) is 0 Å². The van der Waals surface area contributed by atoms with Crippen LogP contribution in [0.25, 0.3) is 0 Å². The summed E-state index contributed by atoms with van der Waals surface area (Å²) >= 11 is 0. The lowest BCUT2D eigenvalue weighted by atomic mass is 10.00. The lowest BCUT2D eigenvalue weighted by Gasteiger charge is -2.31. The van der Waals surface area contributed by atoms with Gasteiger partial charge in [0, 0.05) is 45.2 Å². The van der Waals surface area contributed by atoms with Crippen molar-refractivity contribution in [3.05, 3.63) is 59.0 Å². The fraction of sp³-hybridized carbons (Fsp3) is 0.545. The number of morpholine rings is 1. The van der Waals surface area contributed by atoms with Gasteiger partial charge in [0.1, 0.15) is 11.5 Å². The smallest absolute Gasteiger partial charge is 0.122 e. The summed E-state index contributed by atoms with van der Waals surface area (Å²) in [5.41, 5.74) is 9.33. The molecule has 1 aromatic heterocycles. The van der Waals surface area contributed by atoms with Crippen LogP contribution in [-0.2, 0) is 17.8 Å². The average Bonchev–Trinajstić information content (AvgIpc) is 3.31. The van der Waals surface area contributed by atoms with Crippen molar-refractivity contribution in [2.24, 2.45) is 5.92 Å². The molecule has 0 aliphatic carbocycles. The van der Waals surface area contributed by atoms with E-state index in [2.05, 4.69) is 58.3 Å². The molecule has 2 aromatic rings. The Morgan fingerprint density at radius 2 is 2.11 bits per heavy atom. The van der Waals surface area contributed by atoms with E-state index in [-0.39, 0.29) is 6.04 Å². The summed E-state index contributed by atoms with van der Waals surface area (Å²) in [4.78, 5) is 2.48. The number of hydrogen-bond acceptors (Lipinski definition) is 6. The zero-order valence-electron chi connectivity index (χ0n) is 16.9. The summed E-state index contributed by atoms with van der Waals surface area (Å²) in [6.45, 7) is 10.8. The monoisotopic (exact) mass is 384 g/mol. The Morgan fingerprint density at radius 3 is 2.93 bits per heavy atom. The number of nitrogens with zero attached hydrogens (tertiary/aromatic N) is 1. The number of furan rings is 1. The highest BCUT2D eigenvalue weighted by Gasteiger charge is 2.30. The van der Waals surface area contributed by atoms with Crippen molar-refractivity contribution in [1.29, 1.82) is 0 Å². The van der Waals surface area contributed by atoms with E-state index in [0.29, 0.717) is 12.0 Å². The minimum absolute atomic E-state index is 0.218. The van der Waals surface area contributed by atoms with Crippen LogP contribution in [0.4, 0.5) is 0 Å². The van der Waals surface area contributed by atoms with Gasteiger partial charge >= 0.3 is 0 Å². The Morgan fingerprint density at radius 1 is 1.21 bits per heavy atom. The van der Waals surface area contributed by atoms with E-state index >= 15 is 0 Å². The molecule has 3 atom stereocenters. The molecule has 3 unspecified atom stereocenters. The van der Waals surface area contributed by atoms with Gasteiger partial charge in [0.05, 0.1) is 18.8 Å². The van der Waals surface area contributed by atoms with E-state index in [0.717, 1.165) is 57.4 Å². The van der Waals surface area contributed by atoms with Crippen LogP contribution in [0.15, 0.2) is 40.8 Å². The van der Waals surface area contributed by atoms with Crippen molar-refractivity contribution in [2.45, 2.75) is 39.1 Å². The fourth-order valence-corrected chi connectivity index (χ4v) is 4.18. The number of rotatable bonds is 7. The van der Waals surface area contributed by atoms with Crippen molar-refractivity contribution in [2.75, 3.05) is 32.8 Å². The Labute approximate surface area is 167 Å². The van der Waals surface area contributed by atoms with Gasteiger partial charge in [-0.1, -0.05) is 24.3 Å². The van der Waals surface area contributed by atoms with Gasteiger partial charge in [-0.15, -0.1) is 0 Å². The SMILES string of the molecule is Cc1ccc(C2NNCC2CNCc2cccc(CN3CCOC(C)C3)c2)o1. The molecule has 1 aromatic carbocycles. The van der Waals surface area contributed by atoms with Gasteiger partial charge in [-0.2, -0.15) is 0 Å². The van der Waals surface area contributed by atoms with Crippen LogP contribution in [0, 0.1) is 12.8 Å². The first-order valence-corrected chi connectivity index (χ1v) is 10.3. The summed E-state index contributed by atoms with van der Waals surface area (Å²) in [5.74, 6) is 2.43. The zero-order chi connectivity index (χ0) is 19.3. The first-order chi connectivity index (χ1) is 13.7. The predicted molar refractivity (Wildman–Crippen MR) is 110 cm³/mol. The van der Waals surface area contributed by atoms with Gasteiger partial charge in [-0.25, -0.2) is 5.43 Å². The molecule has 2 aliphatic heterocycles. The number of hydrogen-bond donors (Lipinski definition) is 3. The van der Waals surface area contributed by atoms with Crippen LogP contribution in [-0.4, -0.2) is 43.8 Å². The Balaban J connectivity index is 1.28. The Hall–Kier alpha value is -1.70. The quantitative estimate of drug-likeness (QED) is 0.681. The second-order valence-corrected chi connectivity index (χ2v) is 8.08. The minimum Gasteiger partial charge on any atom is -0.465 e. The van der Waals surface area contributed by atoms with E-state index in [1.165, 1.54) is 11.1 Å². The zero-order valence-corrected chi connectivity index (χ0v) is 16.9. The van der Waals surface area contributed by atoms with Crippen LogP contribution in [0.3, 0.4) is 0 Å². The molecule has 0 bridgehead atoms. The van der Waals surface area contributed by atoms with Gasteiger partial charge in [-0.3, -0.25) is 10.3 Å². The van der Waals surface area contributed by atoms with Crippen molar-refractivity contribution in [3.8, 4) is 0 Å². The Kier molecular flexibility index (Phi) is 6.44. The molecule has 2 saturated heterocycles. The summed E-state index contributed by atoms with van der Waals surface area (Å²) in [5, 5.41) is 3.63. The molecular formula is C22H32N4O2. The van der Waals surface area contributed by atoms with Crippen LogP contribution in [0.1, 0.15) is 35.6 Å². The van der Waals surface area contributed by atoms with Gasteiger partial charge in [0.2, 0.25) is 0 Å². The molecule has 0 spiro atoms. The molecule has 0 amide bonds. The van der Waals surface area contributed by atoms with E-state index in [1.807, 2.05) is 13.0 Å². The standard InChI is InChI=1S/C22H32N4O2/c1-16-6-7-21(28-16)22-20(13-24-25-22)12-23-11-18-4-3-5-19(10-18)15-26-8-9-27-17(2)14-26/h3-7,10,17,20,22-25H,8-9,11-15H2,1-2H3. The predicted octanol–water partition coefficient (Wildman–Crippen LogP) is 2.36. The molecule has 2 aliphatic rings. The van der Waals surface area contributed by atoms with Crippen molar-refractivity contribution in [1.82, 2.24) is 21.1 Å². The first-order valence-electron chi connectivity index (χ1n) is 10.3. The van der Waals surface area contributed by atoms with Crippen LogP contribution in [0.5, 0.6) is 0 Å². The molecule has 28 heavy (non-hydrogen) atoms. The molecule has 6 nitrogen and oxygen atoms in total. The maximum absolute atomic E-state index is 5.81. The minimum atomic E-state index is 0.218. The number of ether oxygens (including phenoxy) is 1. The molecule has 6 heteroatoms. The van der Waals surface area contributed by atoms with Crippen molar-refractivity contribution < 1.29 is 9.15 Å². The molecule has 4 rings (SSSR count). The largest absolute Gasteiger partial charge is 0.465 e. The maximum Gasteiger partial charge on any atom is 0.122 e. The number of aryl methyl sites for hydroxylation is 1. The highest BCUT2D eigenvalue weighted by atomic mass is 16.5. The summed E-state index contributed by atoms with van der Waals surface area (Å²) in [6.07, 6.45) is 0.332. The molecule has 3 N–H and O–H groups in total. The number of nitrogens with one attached hydrogen (secondary N) is 3. The fourth-order valence-electron chi connectivity index (χ4n) is 4.18. The third-order valence-electron chi connectivity index (χ3n) is 5.62. The highest BCUT2D eigenvalue weighted by Crippen LogP contribution is 2.26. The van der Waals surface area contributed by atoms with E-state index in [1.54, 1.807) is 0 Å².